The van der Waals surface area contributed by atoms with Crippen LogP contribution in [0, 0.1) is 6.92 Å². The zero-order chi connectivity index (χ0) is 13.1. The highest BCUT2D eigenvalue weighted by atomic mass is 32.1. The number of aryl methyl sites for hydroxylation is 1. The SMILES string of the molecule is Cc1ccsc1CN(C)C(=O)c1cccc(N)c1. The minimum atomic E-state index is -0.00454. The number of anilines is 1. The Kier molecular flexibility index (Phi) is 3.67. The third-order valence-electron chi connectivity index (χ3n) is 2.83. The molecule has 2 aromatic rings. The summed E-state index contributed by atoms with van der Waals surface area (Å²) in [6, 6.07) is 9.14. The molecule has 2 N–H and O–H groups in total. The van der Waals surface area contributed by atoms with Crippen molar-refractivity contribution in [3.8, 4) is 0 Å². The van der Waals surface area contributed by atoms with E-state index in [0.717, 1.165) is 0 Å². The van der Waals surface area contributed by atoms with Gasteiger partial charge in [-0.3, -0.25) is 4.79 Å². The first-order valence-corrected chi connectivity index (χ1v) is 6.60. The van der Waals surface area contributed by atoms with Gasteiger partial charge in [-0.2, -0.15) is 0 Å². The van der Waals surface area contributed by atoms with Crippen molar-refractivity contribution in [1.82, 2.24) is 4.90 Å². The fourth-order valence-corrected chi connectivity index (χ4v) is 2.70. The third kappa shape index (κ3) is 2.71. The van der Waals surface area contributed by atoms with E-state index in [2.05, 4.69) is 13.0 Å². The standard InChI is InChI=1S/C14H16N2OS/c1-10-6-7-18-13(10)9-16(2)14(17)11-4-3-5-12(15)8-11/h3-8H,9,15H2,1-2H3. The molecule has 0 saturated heterocycles. The quantitative estimate of drug-likeness (QED) is 0.862. The van der Waals surface area contributed by atoms with Crippen molar-refractivity contribution in [2.24, 2.45) is 0 Å². The highest BCUT2D eigenvalue weighted by Crippen LogP contribution is 2.18. The van der Waals surface area contributed by atoms with Crippen molar-refractivity contribution >= 4 is 22.9 Å². The Labute approximate surface area is 111 Å². The van der Waals surface area contributed by atoms with Crippen molar-refractivity contribution in [3.63, 3.8) is 0 Å². The van der Waals surface area contributed by atoms with Gasteiger partial charge in [-0.25, -0.2) is 0 Å². The second-order valence-electron chi connectivity index (χ2n) is 4.31. The predicted octanol–water partition coefficient (Wildman–Crippen LogP) is 2.91. The van der Waals surface area contributed by atoms with Crippen molar-refractivity contribution in [1.29, 1.82) is 0 Å². The molecule has 0 aliphatic rings. The number of benzene rings is 1. The van der Waals surface area contributed by atoms with Gasteiger partial charge in [-0.1, -0.05) is 6.07 Å². The van der Waals surface area contributed by atoms with Crippen LogP contribution >= 0.6 is 11.3 Å². The van der Waals surface area contributed by atoms with Crippen LogP contribution in [0.25, 0.3) is 0 Å². The van der Waals surface area contributed by atoms with E-state index in [1.54, 1.807) is 40.5 Å². The van der Waals surface area contributed by atoms with Crippen molar-refractivity contribution in [2.45, 2.75) is 13.5 Å². The molecule has 0 fully saturated rings. The highest BCUT2D eigenvalue weighted by molar-refractivity contribution is 7.10. The van der Waals surface area contributed by atoms with E-state index in [-0.39, 0.29) is 5.91 Å². The molecule has 1 heterocycles. The molecule has 1 aromatic heterocycles. The lowest BCUT2D eigenvalue weighted by atomic mass is 10.2. The summed E-state index contributed by atoms with van der Waals surface area (Å²) in [6.07, 6.45) is 0. The van der Waals surface area contributed by atoms with Gasteiger partial charge in [0.2, 0.25) is 0 Å². The van der Waals surface area contributed by atoms with E-state index in [1.807, 2.05) is 12.4 Å². The van der Waals surface area contributed by atoms with Crippen molar-refractivity contribution in [2.75, 3.05) is 12.8 Å². The summed E-state index contributed by atoms with van der Waals surface area (Å²) in [5.41, 5.74) is 8.16. The number of nitrogen functional groups attached to an aromatic ring is 1. The van der Waals surface area contributed by atoms with E-state index in [1.165, 1.54) is 10.4 Å². The van der Waals surface area contributed by atoms with Crippen LogP contribution in [0.2, 0.25) is 0 Å². The van der Waals surface area contributed by atoms with Gasteiger partial charge in [0.15, 0.2) is 0 Å². The highest BCUT2D eigenvalue weighted by Gasteiger charge is 2.13. The molecule has 0 atom stereocenters. The Morgan fingerprint density at radius 2 is 2.17 bits per heavy atom. The molecule has 1 aromatic carbocycles. The van der Waals surface area contributed by atoms with Crippen molar-refractivity contribution in [3.05, 3.63) is 51.7 Å². The van der Waals surface area contributed by atoms with Crippen LogP contribution in [0.1, 0.15) is 20.8 Å². The minimum Gasteiger partial charge on any atom is -0.399 e. The summed E-state index contributed by atoms with van der Waals surface area (Å²) >= 11 is 1.68. The average molecular weight is 260 g/mol. The lowest BCUT2D eigenvalue weighted by Crippen LogP contribution is -2.26. The second kappa shape index (κ2) is 5.23. The van der Waals surface area contributed by atoms with Crippen LogP contribution in [-0.2, 0) is 6.54 Å². The van der Waals surface area contributed by atoms with E-state index in [4.69, 9.17) is 5.73 Å². The monoisotopic (exact) mass is 260 g/mol. The molecule has 0 saturated carbocycles. The van der Waals surface area contributed by atoms with Crippen LogP contribution in [-0.4, -0.2) is 17.9 Å². The summed E-state index contributed by atoms with van der Waals surface area (Å²) in [7, 11) is 1.81. The summed E-state index contributed by atoms with van der Waals surface area (Å²) in [5.74, 6) is -0.00454. The van der Waals surface area contributed by atoms with Gasteiger partial charge >= 0.3 is 0 Å². The Morgan fingerprint density at radius 3 is 2.78 bits per heavy atom. The molecular formula is C14H16N2OS. The van der Waals surface area contributed by atoms with E-state index >= 15 is 0 Å². The van der Waals surface area contributed by atoms with Gasteiger partial charge in [-0.05, 0) is 42.1 Å². The van der Waals surface area contributed by atoms with Gasteiger partial charge in [0.1, 0.15) is 0 Å². The number of carbonyl (C=O) groups excluding carboxylic acids is 1. The lowest BCUT2D eigenvalue weighted by Gasteiger charge is -2.17. The van der Waals surface area contributed by atoms with E-state index in [9.17, 15) is 4.79 Å². The molecule has 94 valence electrons. The molecule has 0 aliphatic heterocycles. The fourth-order valence-electron chi connectivity index (χ4n) is 1.75. The largest absolute Gasteiger partial charge is 0.399 e. The molecule has 0 aliphatic carbocycles. The predicted molar refractivity (Wildman–Crippen MR) is 75.7 cm³/mol. The van der Waals surface area contributed by atoms with E-state index in [0.29, 0.717) is 17.8 Å². The first-order chi connectivity index (χ1) is 8.58. The Balaban J connectivity index is 2.12. The van der Waals surface area contributed by atoms with Gasteiger partial charge in [-0.15, -0.1) is 11.3 Å². The van der Waals surface area contributed by atoms with Crippen LogP contribution in [0.3, 0.4) is 0 Å². The number of rotatable bonds is 3. The average Bonchev–Trinajstić information content (AvgIpc) is 2.74. The number of thiophene rings is 1. The maximum Gasteiger partial charge on any atom is 0.253 e. The van der Waals surface area contributed by atoms with Crippen LogP contribution < -0.4 is 5.73 Å². The summed E-state index contributed by atoms with van der Waals surface area (Å²) in [5, 5.41) is 2.05. The summed E-state index contributed by atoms with van der Waals surface area (Å²) < 4.78 is 0. The van der Waals surface area contributed by atoms with Crippen LogP contribution in [0.5, 0.6) is 0 Å². The number of carbonyl (C=O) groups is 1. The molecule has 0 radical (unpaired) electrons. The van der Waals surface area contributed by atoms with Gasteiger partial charge in [0.05, 0.1) is 6.54 Å². The molecule has 3 nitrogen and oxygen atoms in total. The topological polar surface area (TPSA) is 46.3 Å². The summed E-state index contributed by atoms with van der Waals surface area (Å²) in [4.78, 5) is 15.1. The van der Waals surface area contributed by atoms with Gasteiger partial charge in [0, 0.05) is 23.2 Å². The first kappa shape index (κ1) is 12.6. The Hall–Kier alpha value is -1.81. The minimum absolute atomic E-state index is 0.00454. The van der Waals surface area contributed by atoms with Crippen molar-refractivity contribution < 1.29 is 4.79 Å². The molecule has 0 bridgehead atoms. The normalized spacial score (nSPS) is 10.3. The number of hydrogen-bond acceptors (Lipinski definition) is 3. The smallest absolute Gasteiger partial charge is 0.253 e. The molecule has 2 rings (SSSR count). The summed E-state index contributed by atoms with van der Waals surface area (Å²) in [6.45, 7) is 2.70. The fraction of sp³-hybridized carbons (Fsp3) is 0.214. The molecule has 4 heteroatoms. The lowest BCUT2D eigenvalue weighted by molar-refractivity contribution is 0.0786. The van der Waals surface area contributed by atoms with Crippen LogP contribution in [0.4, 0.5) is 5.69 Å². The Morgan fingerprint density at radius 1 is 1.39 bits per heavy atom. The number of nitrogens with two attached hydrogens (primary N) is 1. The molecule has 0 unspecified atom stereocenters. The van der Waals surface area contributed by atoms with E-state index < -0.39 is 0 Å². The molecule has 0 spiro atoms. The van der Waals surface area contributed by atoms with Crippen LogP contribution in [0.15, 0.2) is 35.7 Å². The van der Waals surface area contributed by atoms with Gasteiger partial charge < -0.3 is 10.6 Å². The number of nitrogens with zero attached hydrogens (tertiary/aromatic N) is 1. The molecule has 18 heavy (non-hydrogen) atoms. The second-order valence-corrected chi connectivity index (χ2v) is 5.31. The molecule has 1 amide bonds. The Bertz CT molecular complexity index is 562. The maximum absolute atomic E-state index is 12.2. The zero-order valence-electron chi connectivity index (χ0n) is 10.5. The van der Waals surface area contributed by atoms with Gasteiger partial charge in [0.25, 0.3) is 5.91 Å². The number of hydrogen-bond donors (Lipinski definition) is 1. The zero-order valence-corrected chi connectivity index (χ0v) is 11.3. The third-order valence-corrected chi connectivity index (χ3v) is 3.84. The molecular weight excluding hydrogens is 244 g/mol. The first-order valence-electron chi connectivity index (χ1n) is 5.72. The number of amides is 1. The maximum atomic E-state index is 12.2.